The first-order valence-corrected chi connectivity index (χ1v) is 6.69. The van der Waals surface area contributed by atoms with Crippen molar-refractivity contribution in [2.75, 3.05) is 14.2 Å². The minimum absolute atomic E-state index is 0.302. The smallest absolute Gasteiger partial charge is 0.343 e. The zero-order chi connectivity index (χ0) is 15.4. The van der Waals surface area contributed by atoms with Crippen LogP contribution in [0.25, 0.3) is 0 Å². The monoisotopic (exact) mass is 326 g/mol. The van der Waals surface area contributed by atoms with E-state index < -0.39 is 5.97 Å². The van der Waals surface area contributed by atoms with E-state index in [1.54, 1.807) is 30.3 Å². The molecule has 0 amide bonds. The van der Waals surface area contributed by atoms with Crippen LogP contribution in [0.15, 0.2) is 36.4 Å². The van der Waals surface area contributed by atoms with Gasteiger partial charge in [0.2, 0.25) is 0 Å². The van der Waals surface area contributed by atoms with Crippen LogP contribution in [-0.4, -0.2) is 20.2 Å². The van der Waals surface area contributed by atoms with E-state index in [0.29, 0.717) is 32.9 Å². The highest BCUT2D eigenvalue weighted by Crippen LogP contribution is 2.28. The van der Waals surface area contributed by atoms with Crippen molar-refractivity contribution < 1.29 is 19.0 Å². The Morgan fingerprint density at radius 3 is 2.00 bits per heavy atom. The molecule has 21 heavy (non-hydrogen) atoms. The van der Waals surface area contributed by atoms with Gasteiger partial charge in [0.15, 0.2) is 0 Å². The van der Waals surface area contributed by atoms with Crippen LogP contribution in [-0.2, 0) is 0 Å². The lowest BCUT2D eigenvalue weighted by molar-refractivity contribution is 0.0734. The van der Waals surface area contributed by atoms with Gasteiger partial charge < -0.3 is 14.2 Å². The Bertz CT molecular complexity index is 648. The molecule has 0 saturated carbocycles. The summed E-state index contributed by atoms with van der Waals surface area (Å²) in [6.45, 7) is 0. The van der Waals surface area contributed by atoms with Gasteiger partial charge in [-0.3, -0.25) is 0 Å². The van der Waals surface area contributed by atoms with Gasteiger partial charge in [0.1, 0.15) is 17.2 Å². The summed E-state index contributed by atoms with van der Waals surface area (Å²) in [7, 11) is 3.01. The molecule has 0 aliphatic rings. The second-order valence-corrected chi connectivity index (χ2v) is 4.88. The number of rotatable bonds is 4. The van der Waals surface area contributed by atoms with Crippen LogP contribution >= 0.6 is 23.2 Å². The van der Waals surface area contributed by atoms with E-state index in [-0.39, 0.29) is 0 Å². The normalized spacial score (nSPS) is 10.1. The van der Waals surface area contributed by atoms with Crippen LogP contribution in [0, 0.1) is 0 Å². The van der Waals surface area contributed by atoms with E-state index in [1.807, 2.05) is 0 Å². The summed E-state index contributed by atoms with van der Waals surface area (Å²) in [5.41, 5.74) is 0.303. The predicted molar refractivity (Wildman–Crippen MR) is 81.0 cm³/mol. The molecule has 2 aromatic rings. The number of hydrogen-bond acceptors (Lipinski definition) is 4. The van der Waals surface area contributed by atoms with Crippen molar-refractivity contribution in [2.24, 2.45) is 0 Å². The molecule has 6 heteroatoms. The molecule has 0 aromatic heterocycles. The fourth-order valence-corrected chi connectivity index (χ4v) is 1.92. The van der Waals surface area contributed by atoms with E-state index in [9.17, 15) is 4.79 Å². The van der Waals surface area contributed by atoms with Crippen molar-refractivity contribution >= 4 is 29.2 Å². The summed E-state index contributed by atoms with van der Waals surface area (Å²) in [6.07, 6.45) is 0. The molecule has 4 nitrogen and oxygen atoms in total. The van der Waals surface area contributed by atoms with Crippen LogP contribution in [0.5, 0.6) is 17.2 Å². The Morgan fingerprint density at radius 1 is 0.857 bits per heavy atom. The van der Waals surface area contributed by atoms with Crippen molar-refractivity contribution in [2.45, 2.75) is 0 Å². The predicted octanol–water partition coefficient (Wildman–Crippen LogP) is 4.23. The third-order valence-electron chi connectivity index (χ3n) is 2.69. The number of methoxy groups -OCH3 is 2. The Morgan fingerprint density at radius 2 is 1.48 bits per heavy atom. The summed E-state index contributed by atoms with van der Waals surface area (Å²) in [4.78, 5) is 12.1. The maximum atomic E-state index is 12.1. The number of carbonyl (C=O) groups is 1. The molecule has 0 spiro atoms. The molecule has 0 unspecified atom stereocenters. The number of benzene rings is 2. The highest BCUT2D eigenvalue weighted by atomic mass is 35.5. The third-order valence-corrected chi connectivity index (χ3v) is 3.43. The standard InChI is InChI=1S/C15H12Cl2O4/c1-19-11-5-9(6-12(7-11)20-2)15(18)21-10-3-4-13(16)14(17)8-10/h3-8H,1-2H3. The average molecular weight is 327 g/mol. The lowest BCUT2D eigenvalue weighted by Gasteiger charge is -2.09. The SMILES string of the molecule is COc1cc(OC)cc(C(=O)Oc2ccc(Cl)c(Cl)c2)c1. The van der Waals surface area contributed by atoms with Gasteiger partial charge in [-0.1, -0.05) is 23.2 Å². The maximum Gasteiger partial charge on any atom is 0.343 e. The first kappa shape index (κ1) is 15.5. The van der Waals surface area contributed by atoms with Gasteiger partial charge >= 0.3 is 5.97 Å². The van der Waals surface area contributed by atoms with Gasteiger partial charge in [0.05, 0.1) is 29.8 Å². The molecular formula is C15H12Cl2O4. The molecule has 0 bridgehead atoms. The largest absolute Gasteiger partial charge is 0.497 e. The highest BCUT2D eigenvalue weighted by Gasteiger charge is 2.13. The first-order valence-electron chi connectivity index (χ1n) is 5.94. The van der Waals surface area contributed by atoms with Crippen LogP contribution in [0.3, 0.4) is 0 Å². The van der Waals surface area contributed by atoms with Gasteiger partial charge in [-0.2, -0.15) is 0 Å². The molecule has 0 atom stereocenters. The lowest BCUT2D eigenvalue weighted by atomic mass is 10.2. The third kappa shape index (κ3) is 3.80. The van der Waals surface area contributed by atoms with Gasteiger partial charge in [-0.05, 0) is 24.3 Å². The summed E-state index contributed by atoms with van der Waals surface area (Å²) in [6, 6.07) is 9.36. The van der Waals surface area contributed by atoms with Gasteiger partial charge in [-0.25, -0.2) is 4.79 Å². The van der Waals surface area contributed by atoms with Crippen LogP contribution in [0.4, 0.5) is 0 Å². The molecular weight excluding hydrogens is 315 g/mol. The van der Waals surface area contributed by atoms with Gasteiger partial charge in [0, 0.05) is 12.1 Å². The Kier molecular flexibility index (Phi) is 4.94. The Hall–Kier alpha value is -1.91. The second-order valence-electron chi connectivity index (χ2n) is 4.07. The van der Waals surface area contributed by atoms with Crippen molar-refractivity contribution in [3.63, 3.8) is 0 Å². The van der Waals surface area contributed by atoms with E-state index in [0.717, 1.165) is 0 Å². The summed E-state index contributed by atoms with van der Waals surface area (Å²) in [5.74, 6) is 0.743. The number of ether oxygens (including phenoxy) is 3. The maximum absolute atomic E-state index is 12.1. The molecule has 0 aliphatic heterocycles. The van der Waals surface area contributed by atoms with E-state index >= 15 is 0 Å². The van der Waals surface area contributed by atoms with Crippen molar-refractivity contribution in [3.8, 4) is 17.2 Å². The first-order chi connectivity index (χ1) is 10.0. The van der Waals surface area contributed by atoms with Crippen LogP contribution < -0.4 is 14.2 Å². The Labute approximate surface area is 132 Å². The lowest BCUT2D eigenvalue weighted by Crippen LogP contribution is -2.09. The topological polar surface area (TPSA) is 44.8 Å². The minimum Gasteiger partial charge on any atom is -0.497 e. The molecule has 2 rings (SSSR count). The van der Waals surface area contributed by atoms with Crippen LogP contribution in [0.1, 0.15) is 10.4 Å². The minimum atomic E-state index is -0.550. The van der Waals surface area contributed by atoms with Crippen molar-refractivity contribution in [3.05, 3.63) is 52.0 Å². The molecule has 0 heterocycles. The fourth-order valence-electron chi connectivity index (χ4n) is 1.63. The van der Waals surface area contributed by atoms with E-state index in [4.69, 9.17) is 37.4 Å². The number of halogens is 2. The summed E-state index contributed by atoms with van der Waals surface area (Å²) in [5, 5.41) is 0.699. The fraction of sp³-hybridized carbons (Fsp3) is 0.133. The van der Waals surface area contributed by atoms with Gasteiger partial charge in [-0.15, -0.1) is 0 Å². The molecule has 0 fully saturated rings. The highest BCUT2D eigenvalue weighted by molar-refractivity contribution is 6.42. The molecule has 110 valence electrons. The van der Waals surface area contributed by atoms with Crippen molar-refractivity contribution in [1.82, 2.24) is 0 Å². The second kappa shape index (κ2) is 6.70. The number of esters is 1. The van der Waals surface area contributed by atoms with E-state index in [2.05, 4.69) is 0 Å². The molecule has 0 N–H and O–H groups in total. The van der Waals surface area contributed by atoms with Gasteiger partial charge in [0.25, 0.3) is 0 Å². The molecule has 0 saturated heterocycles. The summed E-state index contributed by atoms with van der Waals surface area (Å²) >= 11 is 11.7. The zero-order valence-electron chi connectivity index (χ0n) is 11.4. The summed E-state index contributed by atoms with van der Waals surface area (Å²) < 4.78 is 15.5. The average Bonchev–Trinajstić information content (AvgIpc) is 2.50. The molecule has 2 aromatic carbocycles. The molecule has 0 radical (unpaired) electrons. The Balaban J connectivity index is 2.25. The van der Waals surface area contributed by atoms with E-state index in [1.165, 1.54) is 20.3 Å². The zero-order valence-corrected chi connectivity index (χ0v) is 12.9. The number of hydrogen-bond donors (Lipinski definition) is 0. The molecule has 0 aliphatic carbocycles. The van der Waals surface area contributed by atoms with Crippen LogP contribution in [0.2, 0.25) is 10.0 Å². The van der Waals surface area contributed by atoms with Crippen molar-refractivity contribution in [1.29, 1.82) is 0 Å². The quantitative estimate of drug-likeness (QED) is 0.623. The number of carbonyl (C=O) groups excluding carboxylic acids is 1.